The number of nitrogens with one attached hydrogen (secondary N) is 1. The Bertz CT molecular complexity index is 203. The smallest absolute Gasteiger partial charge is 0.0635 e. The van der Waals surface area contributed by atoms with Gasteiger partial charge in [-0.15, -0.1) is 0 Å². The van der Waals surface area contributed by atoms with Crippen molar-refractivity contribution in [3.05, 3.63) is 0 Å². The fraction of sp³-hybridized carbons (Fsp3) is 0.909. The van der Waals surface area contributed by atoms with Gasteiger partial charge in [-0.1, -0.05) is 20.8 Å². The van der Waals surface area contributed by atoms with Crippen molar-refractivity contribution in [1.82, 2.24) is 5.32 Å². The monoisotopic (exact) mass is 180 g/mol. The van der Waals surface area contributed by atoms with Gasteiger partial charge in [0.25, 0.3) is 0 Å². The lowest BCUT2D eigenvalue weighted by atomic mass is 9.91. The van der Waals surface area contributed by atoms with Crippen LogP contribution < -0.4 is 5.32 Å². The Kier molecular flexibility index (Phi) is 3.33. The third-order valence-electron chi connectivity index (χ3n) is 2.98. The first-order valence-corrected chi connectivity index (χ1v) is 5.15. The van der Waals surface area contributed by atoms with Crippen LogP contribution in [-0.4, -0.2) is 12.6 Å². The van der Waals surface area contributed by atoms with Gasteiger partial charge in [-0.05, 0) is 24.2 Å². The summed E-state index contributed by atoms with van der Waals surface area (Å²) in [5.41, 5.74) is 0.490. The molecule has 0 aromatic rings. The molecule has 2 unspecified atom stereocenters. The lowest BCUT2D eigenvalue weighted by molar-refractivity contribution is 0.362. The zero-order valence-corrected chi connectivity index (χ0v) is 8.93. The highest BCUT2D eigenvalue weighted by atomic mass is 14.9. The molecule has 1 fully saturated rings. The molecule has 0 radical (unpaired) electrons. The van der Waals surface area contributed by atoms with Crippen LogP contribution in [0.15, 0.2) is 0 Å². The van der Waals surface area contributed by atoms with Crippen LogP contribution in [0.2, 0.25) is 0 Å². The summed E-state index contributed by atoms with van der Waals surface area (Å²) in [6.45, 7) is 7.81. The molecule has 2 heteroatoms. The summed E-state index contributed by atoms with van der Waals surface area (Å²) in [6, 6.07) is 2.79. The van der Waals surface area contributed by atoms with Gasteiger partial charge >= 0.3 is 0 Å². The summed E-state index contributed by atoms with van der Waals surface area (Å²) in [4.78, 5) is 0. The van der Waals surface area contributed by atoms with Crippen molar-refractivity contribution in [2.45, 2.75) is 46.1 Å². The average molecular weight is 180 g/mol. The molecule has 0 aromatic heterocycles. The number of nitriles is 1. The average Bonchev–Trinajstić information content (AvgIpc) is 2.25. The molecular weight excluding hydrogens is 160 g/mol. The van der Waals surface area contributed by atoms with Crippen LogP contribution >= 0.6 is 0 Å². The van der Waals surface area contributed by atoms with Gasteiger partial charge < -0.3 is 5.32 Å². The summed E-state index contributed by atoms with van der Waals surface area (Å²) in [7, 11) is 0. The van der Waals surface area contributed by atoms with Crippen molar-refractivity contribution in [3.8, 4) is 6.07 Å². The Labute approximate surface area is 81.3 Å². The highest BCUT2D eigenvalue weighted by Gasteiger charge is 2.35. The predicted octanol–water partition coefficient (Wildman–Crippen LogP) is 2.31. The first kappa shape index (κ1) is 10.5. The van der Waals surface area contributed by atoms with E-state index in [1.54, 1.807) is 0 Å². The number of hydrogen-bond donors (Lipinski definition) is 1. The lowest BCUT2D eigenvalue weighted by Crippen LogP contribution is -2.32. The van der Waals surface area contributed by atoms with E-state index in [4.69, 9.17) is 5.26 Å². The zero-order chi connectivity index (χ0) is 9.90. The minimum Gasteiger partial charge on any atom is -0.313 e. The van der Waals surface area contributed by atoms with E-state index in [-0.39, 0.29) is 0 Å². The molecule has 0 heterocycles. The second-order valence-corrected chi connectivity index (χ2v) is 5.02. The van der Waals surface area contributed by atoms with Gasteiger partial charge in [-0.25, -0.2) is 0 Å². The SMILES string of the molecule is CC1CC(C)(C)CC1NCCC#N. The van der Waals surface area contributed by atoms with Gasteiger partial charge in [-0.3, -0.25) is 0 Å². The molecule has 0 bridgehead atoms. The predicted molar refractivity (Wildman–Crippen MR) is 54.2 cm³/mol. The topological polar surface area (TPSA) is 35.8 Å². The summed E-state index contributed by atoms with van der Waals surface area (Å²) in [6.07, 6.45) is 3.18. The Balaban J connectivity index is 2.32. The van der Waals surface area contributed by atoms with Gasteiger partial charge in [0.1, 0.15) is 0 Å². The normalized spacial score (nSPS) is 31.5. The Morgan fingerprint density at radius 1 is 1.46 bits per heavy atom. The van der Waals surface area contributed by atoms with E-state index in [9.17, 15) is 0 Å². The molecule has 0 saturated heterocycles. The molecule has 2 nitrogen and oxygen atoms in total. The van der Waals surface area contributed by atoms with Crippen LogP contribution in [0.4, 0.5) is 0 Å². The molecule has 1 N–H and O–H groups in total. The van der Waals surface area contributed by atoms with Crippen molar-refractivity contribution >= 4 is 0 Å². The van der Waals surface area contributed by atoms with E-state index < -0.39 is 0 Å². The van der Waals surface area contributed by atoms with Crippen LogP contribution in [0.1, 0.15) is 40.0 Å². The maximum atomic E-state index is 8.42. The van der Waals surface area contributed by atoms with Crippen molar-refractivity contribution in [2.75, 3.05) is 6.54 Å². The second kappa shape index (κ2) is 4.11. The molecule has 74 valence electrons. The Morgan fingerprint density at radius 2 is 2.15 bits per heavy atom. The van der Waals surface area contributed by atoms with E-state index in [1.807, 2.05) is 0 Å². The number of nitrogens with zero attached hydrogens (tertiary/aromatic N) is 1. The molecule has 0 aromatic carbocycles. The van der Waals surface area contributed by atoms with Crippen LogP contribution in [0.25, 0.3) is 0 Å². The zero-order valence-electron chi connectivity index (χ0n) is 8.93. The van der Waals surface area contributed by atoms with Crippen molar-refractivity contribution in [1.29, 1.82) is 5.26 Å². The van der Waals surface area contributed by atoms with Crippen molar-refractivity contribution in [2.24, 2.45) is 11.3 Å². The number of rotatable bonds is 3. The van der Waals surface area contributed by atoms with E-state index in [2.05, 4.69) is 32.2 Å². The molecule has 13 heavy (non-hydrogen) atoms. The highest BCUT2D eigenvalue weighted by molar-refractivity contribution is 4.91. The molecule has 1 aliphatic carbocycles. The molecule has 1 saturated carbocycles. The minimum atomic E-state index is 0.490. The fourth-order valence-corrected chi connectivity index (χ4v) is 2.48. The van der Waals surface area contributed by atoms with Crippen molar-refractivity contribution < 1.29 is 0 Å². The molecule has 0 spiro atoms. The van der Waals surface area contributed by atoms with E-state index in [0.29, 0.717) is 17.9 Å². The summed E-state index contributed by atoms with van der Waals surface area (Å²) in [5.74, 6) is 0.758. The van der Waals surface area contributed by atoms with E-state index in [1.165, 1.54) is 12.8 Å². The highest BCUT2D eigenvalue weighted by Crippen LogP contribution is 2.40. The van der Waals surface area contributed by atoms with Gasteiger partial charge in [0.15, 0.2) is 0 Å². The first-order valence-electron chi connectivity index (χ1n) is 5.15. The van der Waals surface area contributed by atoms with Crippen molar-refractivity contribution in [3.63, 3.8) is 0 Å². The van der Waals surface area contributed by atoms with Crippen LogP contribution in [0.3, 0.4) is 0 Å². The van der Waals surface area contributed by atoms with Gasteiger partial charge in [0, 0.05) is 19.0 Å². The first-order chi connectivity index (χ1) is 6.05. The molecule has 0 amide bonds. The Hall–Kier alpha value is -0.550. The molecular formula is C11H20N2. The van der Waals surface area contributed by atoms with Crippen LogP contribution in [0.5, 0.6) is 0 Å². The van der Waals surface area contributed by atoms with E-state index >= 15 is 0 Å². The second-order valence-electron chi connectivity index (χ2n) is 5.02. The Morgan fingerprint density at radius 3 is 2.62 bits per heavy atom. The quantitative estimate of drug-likeness (QED) is 0.676. The van der Waals surface area contributed by atoms with Gasteiger partial charge in [-0.2, -0.15) is 5.26 Å². The lowest BCUT2D eigenvalue weighted by Gasteiger charge is -2.17. The largest absolute Gasteiger partial charge is 0.313 e. The third-order valence-corrected chi connectivity index (χ3v) is 2.98. The summed E-state index contributed by atoms with van der Waals surface area (Å²) in [5, 5.41) is 11.9. The van der Waals surface area contributed by atoms with Crippen LogP contribution in [-0.2, 0) is 0 Å². The third kappa shape index (κ3) is 3.00. The molecule has 1 rings (SSSR count). The summed E-state index contributed by atoms with van der Waals surface area (Å²) < 4.78 is 0. The summed E-state index contributed by atoms with van der Waals surface area (Å²) >= 11 is 0. The number of hydrogen-bond acceptors (Lipinski definition) is 2. The molecule has 1 aliphatic rings. The minimum absolute atomic E-state index is 0.490. The molecule has 0 aliphatic heterocycles. The standard InChI is InChI=1S/C11H20N2/c1-9-7-11(2,3)8-10(9)13-6-4-5-12/h9-10,13H,4,6-8H2,1-3H3. The fourth-order valence-electron chi connectivity index (χ4n) is 2.48. The van der Waals surface area contributed by atoms with E-state index in [0.717, 1.165) is 12.5 Å². The van der Waals surface area contributed by atoms with Crippen LogP contribution in [0, 0.1) is 22.7 Å². The maximum Gasteiger partial charge on any atom is 0.0635 e. The van der Waals surface area contributed by atoms with Gasteiger partial charge in [0.2, 0.25) is 0 Å². The maximum absolute atomic E-state index is 8.42. The molecule has 2 atom stereocenters. The van der Waals surface area contributed by atoms with Gasteiger partial charge in [0.05, 0.1) is 6.07 Å².